The minimum absolute atomic E-state index is 0.943. The van der Waals surface area contributed by atoms with Crippen molar-refractivity contribution in [1.29, 1.82) is 0 Å². The Morgan fingerprint density at radius 2 is 1.94 bits per heavy atom. The van der Waals surface area contributed by atoms with Gasteiger partial charge in [0.15, 0.2) is 0 Å². The second-order valence-corrected chi connectivity index (χ2v) is 5.55. The van der Waals surface area contributed by atoms with E-state index in [0.29, 0.717) is 0 Å². The highest BCUT2D eigenvalue weighted by molar-refractivity contribution is 9.10. The minimum atomic E-state index is 0.943. The minimum Gasteiger partial charge on any atom is -0.316 e. The molecule has 0 spiro atoms. The van der Waals surface area contributed by atoms with Gasteiger partial charge in [0.25, 0.3) is 0 Å². The molecular formula is C13H14BrNS. The Hall–Kier alpha value is -0.640. The third-order valence-corrected chi connectivity index (χ3v) is 4.32. The van der Waals surface area contributed by atoms with E-state index in [1.54, 1.807) is 0 Å². The molecule has 1 heterocycles. The molecule has 84 valence electrons. The predicted octanol–water partition coefficient (Wildman–Crippen LogP) is 4.21. The first kappa shape index (κ1) is 11.8. The van der Waals surface area contributed by atoms with Crippen molar-refractivity contribution in [1.82, 2.24) is 5.32 Å². The zero-order valence-corrected chi connectivity index (χ0v) is 11.8. The number of halogens is 1. The molecule has 3 heteroatoms. The maximum atomic E-state index is 3.46. The first-order valence-corrected chi connectivity index (χ1v) is 6.87. The molecule has 0 fully saturated rings. The molecule has 1 aromatic heterocycles. The van der Waals surface area contributed by atoms with Crippen LogP contribution >= 0.6 is 27.3 Å². The van der Waals surface area contributed by atoms with Gasteiger partial charge in [0.2, 0.25) is 0 Å². The number of hydrogen-bond donors (Lipinski definition) is 1. The van der Waals surface area contributed by atoms with Crippen LogP contribution in [0.4, 0.5) is 0 Å². The average molecular weight is 296 g/mol. The molecule has 0 radical (unpaired) electrons. The molecule has 0 bridgehead atoms. The summed E-state index contributed by atoms with van der Waals surface area (Å²) in [5.74, 6) is 0. The van der Waals surface area contributed by atoms with Crippen molar-refractivity contribution >= 4 is 27.3 Å². The zero-order valence-electron chi connectivity index (χ0n) is 9.38. The SMILES string of the molecule is CNCc1csc(-c2ccc(Br)cc2)c1C. The molecule has 16 heavy (non-hydrogen) atoms. The number of hydrogen-bond acceptors (Lipinski definition) is 2. The second kappa shape index (κ2) is 5.13. The van der Waals surface area contributed by atoms with E-state index in [9.17, 15) is 0 Å². The van der Waals surface area contributed by atoms with Crippen LogP contribution in [0, 0.1) is 6.92 Å². The fraction of sp³-hybridized carbons (Fsp3) is 0.231. The summed E-state index contributed by atoms with van der Waals surface area (Å²) in [6, 6.07) is 8.50. The molecule has 2 aromatic rings. The highest BCUT2D eigenvalue weighted by atomic mass is 79.9. The summed E-state index contributed by atoms with van der Waals surface area (Å²) in [5, 5.41) is 5.44. The lowest BCUT2D eigenvalue weighted by Crippen LogP contribution is -2.04. The number of benzene rings is 1. The molecular weight excluding hydrogens is 282 g/mol. The van der Waals surface area contributed by atoms with Crippen molar-refractivity contribution in [2.45, 2.75) is 13.5 Å². The van der Waals surface area contributed by atoms with E-state index in [-0.39, 0.29) is 0 Å². The molecule has 0 atom stereocenters. The van der Waals surface area contributed by atoms with Gasteiger partial charge in [-0.3, -0.25) is 0 Å². The summed E-state index contributed by atoms with van der Waals surface area (Å²) >= 11 is 5.28. The summed E-state index contributed by atoms with van der Waals surface area (Å²) in [7, 11) is 1.98. The van der Waals surface area contributed by atoms with Gasteiger partial charge < -0.3 is 5.32 Å². The normalized spacial score (nSPS) is 10.7. The Bertz CT molecular complexity index is 473. The van der Waals surface area contributed by atoms with E-state index in [1.807, 2.05) is 18.4 Å². The molecule has 1 aromatic carbocycles. The van der Waals surface area contributed by atoms with Gasteiger partial charge in [-0.1, -0.05) is 28.1 Å². The van der Waals surface area contributed by atoms with E-state index in [0.717, 1.165) is 11.0 Å². The monoisotopic (exact) mass is 295 g/mol. The fourth-order valence-corrected chi connectivity index (χ4v) is 3.07. The van der Waals surface area contributed by atoms with Crippen molar-refractivity contribution in [3.05, 3.63) is 45.2 Å². The summed E-state index contributed by atoms with van der Waals surface area (Å²) in [6.07, 6.45) is 0. The van der Waals surface area contributed by atoms with Crippen LogP contribution in [0.5, 0.6) is 0 Å². The van der Waals surface area contributed by atoms with E-state index in [2.05, 4.69) is 57.8 Å². The van der Waals surface area contributed by atoms with Gasteiger partial charge >= 0.3 is 0 Å². The Kier molecular flexibility index (Phi) is 3.79. The summed E-state index contributed by atoms with van der Waals surface area (Å²) < 4.78 is 1.13. The maximum absolute atomic E-state index is 3.46. The van der Waals surface area contributed by atoms with Gasteiger partial charge in [0.1, 0.15) is 0 Å². The lowest BCUT2D eigenvalue weighted by molar-refractivity contribution is 0.816. The van der Waals surface area contributed by atoms with Crippen molar-refractivity contribution in [2.24, 2.45) is 0 Å². The first-order chi connectivity index (χ1) is 7.72. The lowest BCUT2D eigenvalue weighted by atomic mass is 10.1. The van der Waals surface area contributed by atoms with Crippen LogP contribution in [0.25, 0.3) is 10.4 Å². The van der Waals surface area contributed by atoms with Crippen LogP contribution in [0.15, 0.2) is 34.1 Å². The molecule has 0 saturated heterocycles. The van der Waals surface area contributed by atoms with Crippen LogP contribution in [0.2, 0.25) is 0 Å². The van der Waals surface area contributed by atoms with Crippen molar-refractivity contribution < 1.29 is 0 Å². The Balaban J connectivity index is 2.37. The molecule has 0 aliphatic carbocycles. The predicted molar refractivity (Wildman–Crippen MR) is 75.0 cm³/mol. The van der Waals surface area contributed by atoms with Crippen molar-refractivity contribution in [3.63, 3.8) is 0 Å². The average Bonchev–Trinajstić information content (AvgIpc) is 2.63. The number of rotatable bonds is 3. The van der Waals surface area contributed by atoms with E-state index < -0.39 is 0 Å². The van der Waals surface area contributed by atoms with Crippen LogP contribution in [0.3, 0.4) is 0 Å². The first-order valence-electron chi connectivity index (χ1n) is 5.20. The van der Waals surface area contributed by atoms with Crippen LogP contribution in [-0.4, -0.2) is 7.05 Å². The van der Waals surface area contributed by atoms with Crippen molar-refractivity contribution in [3.8, 4) is 10.4 Å². The largest absolute Gasteiger partial charge is 0.316 e. The molecule has 1 N–H and O–H groups in total. The quantitative estimate of drug-likeness (QED) is 0.895. The molecule has 1 nitrogen and oxygen atoms in total. The molecule has 0 saturated carbocycles. The Morgan fingerprint density at radius 1 is 1.25 bits per heavy atom. The summed E-state index contributed by atoms with van der Waals surface area (Å²) in [5.41, 5.74) is 4.08. The summed E-state index contributed by atoms with van der Waals surface area (Å²) in [4.78, 5) is 1.37. The summed E-state index contributed by atoms with van der Waals surface area (Å²) in [6.45, 7) is 3.14. The van der Waals surface area contributed by atoms with E-state index in [1.165, 1.54) is 21.6 Å². The molecule has 0 aliphatic heterocycles. The van der Waals surface area contributed by atoms with Gasteiger partial charge in [-0.15, -0.1) is 11.3 Å². The number of nitrogens with one attached hydrogen (secondary N) is 1. The maximum Gasteiger partial charge on any atom is 0.0375 e. The molecule has 0 aliphatic rings. The van der Waals surface area contributed by atoms with Gasteiger partial charge in [0.05, 0.1) is 0 Å². The van der Waals surface area contributed by atoms with Gasteiger partial charge in [-0.25, -0.2) is 0 Å². The smallest absolute Gasteiger partial charge is 0.0375 e. The van der Waals surface area contributed by atoms with E-state index in [4.69, 9.17) is 0 Å². The molecule has 2 rings (SSSR count). The van der Waals surface area contributed by atoms with E-state index >= 15 is 0 Å². The van der Waals surface area contributed by atoms with Gasteiger partial charge in [-0.05, 0) is 48.2 Å². The second-order valence-electron chi connectivity index (χ2n) is 3.75. The number of thiophene rings is 1. The van der Waals surface area contributed by atoms with Crippen molar-refractivity contribution in [2.75, 3.05) is 7.05 Å². The molecule has 0 amide bonds. The Labute approximate surface area is 109 Å². The fourth-order valence-electron chi connectivity index (χ4n) is 1.70. The van der Waals surface area contributed by atoms with Crippen LogP contribution in [-0.2, 0) is 6.54 Å². The third kappa shape index (κ3) is 2.37. The standard InChI is InChI=1S/C13H14BrNS/c1-9-11(7-15-2)8-16-13(9)10-3-5-12(14)6-4-10/h3-6,8,15H,7H2,1-2H3. The van der Waals surface area contributed by atoms with Crippen LogP contribution < -0.4 is 5.32 Å². The topological polar surface area (TPSA) is 12.0 Å². The highest BCUT2D eigenvalue weighted by Gasteiger charge is 2.08. The molecule has 0 unspecified atom stereocenters. The Morgan fingerprint density at radius 3 is 2.56 bits per heavy atom. The lowest BCUT2D eigenvalue weighted by Gasteiger charge is -2.02. The van der Waals surface area contributed by atoms with Crippen LogP contribution in [0.1, 0.15) is 11.1 Å². The third-order valence-electron chi connectivity index (χ3n) is 2.61. The van der Waals surface area contributed by atoms with Gasteiger partial charge in [-0.2, -0.15) is 0 Å². The van der Waals surface area contributed by atoms with Gasteiger partial charge in [0, 0.05) is 15.9 Å². The highest BCUT2D eigenvalue weighted by Crippen LogP contribution is 2.32. The zero-order chi connectivity index (χ0) is 11.5.